The molecule has 16 heavy (non-hydrogen) atoms. The molecule has 1 rings (SSSR count). The number of hydrogen-bond donors (Lipinski definition) is 1. The van der Waals surface area contributed by atoms with Gasteiger partial charge in [-0.15, -0.1) is 0 Å². The second-order valence-electron chi connectivity index (χ2n) is 4.14. The molecule has 0 radical (unpaired) electrons. The highest BCUT2D eigenvalue weighted by atomic mass is 19.1. The molecule has 0 fully saturated rings. The average molecular weight is 226 g/mol. The largest absolute Gasteiger partial charge is 0.469 e. The van der Waals surface area contributed by atoms with Crippen LogP contribution in [0.25, 0.3) is 0 Å². The normalized spacial score (nSPS) is 13.3. The third-order valence-corrected chi connectivity index (χ3v) is 2.59. The molecule has 0 spiro atoms. The summed E-state index contributed by atoms with van der Waals surface area (Å²) >= 11 is 0. The molecule has 0 aromatic heterocycles. The van der Waals surface area contributed by atoms with Gasteiger partial charge in [-0.05, 0) is 19.9 Å². The summed E-state index contributed by atoms with van der Waals surface area (Å²) in [5, 5.41) is 9.99. The predicted octanol–water partition coefficient (Wildman–Crippen LogP) is 2.06. The predicted molar refractivity (Wildman–Crippen MR) is 57.2 cm³/mol. The first-order chi connectivity index (χ1) is 7.41. The molecule has 0 saturated heterocycles. The number of methoxy groups -OCH3 is 1. The third-order valence-electron chi connectivity index (χ3n) is 2.59. The maximum Gasteiger partial charge on any atom is 0.314 e. The van der Waals surface area contributed by atoms with Crippen molar-refractivity contribution < 1.29 is 19.0 Å². The van der Waals surface area contributed by atoms with Crippen molar-refractivity contribution in [1.29, 1.82) is 0 Å². The number of benzene rings is 1. The molecule has 1 N–H and O–H groups in total. The van der Waals surface area contributed by atoms with E-state index in [1.165, 1.54) is 39.2 Å². The molecule has 88 valence electrons. The van der Waals surface area contributed by atoms with Crippen LogP contribution in [0.4, 0.5) is 4.39 Å². The maximum atomic E-state index is 13.4. The Morgan fingerprint density at radius 2 is 2.00 bits per heavy atom. The van der Waals surface area contributed by atoms with Crippen LogP contribution in [0.1, 0.15) is 25.5 Å². The van der Waals surface area contributed by atoms with E-state index in [4.69, 9.17) is 0 Å². The fourth-order valence-electron chi connectivity index (χ4n) is 1.46. The fraction of sp³-hybridized carbons (Fsp3) is 0.417. The van der Waals surface area contributed by atoms with Gasteiger partial charge in [-0.3, -0.25) is 4.79 Å². The van der Waals surface area contributed by atoms with Crippen LogP contribution in [0.3, 0.4) is 0 Å². The van der Waals surface area contributed by atoms with Gasteiger partial charge in [-0.1, -0.05) is 18.2 Å². The summed E-state index contributed by atoms with van der Waals surface area (Å²) in [6.45, 7) is 3.02. The number of halogens is 1. The first-order valence-electron chi connectivity index (χ1n) is 4.92. The van der Waals surface area contributed by atoms with Gasteiger partial charge in [0.1, 0.15) is 5.82 Å². The number of aliphatic hydroxyl groups excluding tert-OH is 1. The molecule has 4 heteroatoms. The summed E-state index contributed by atoms with van der Waals surface area (Å²) in [6, 6.07) is 5.82. The molecule has 1 aromatic rings. The zero-order chi connectivity index (χ0) is 12.3. The summed E-state index contributed by atoms with van der Waals surface area (Å²) in [5.74, 6) is -1.12. The van der Waals surface area contributed by atoms with Crippen molar-refractivity contribution in [1.82, 2.24) is 0 Å². The van der Waals surface area contributed by atoms with Gasteiger partial charge in [-0.2, -0.15) is 0 Å². The average Bonchev–Trinajstić information content (AvgIpc) is 2.27. The lowest BCUT2D eigenvalue weighted by Crippen LogP contribution is -2.33. The number of esters is 1. The number of rotatable bonds is 3. The van der Waals surface area contributed by atoms with Gasteiger partial charge >= 0.3 is 5.97 Å². The lowest BCUT2D eigenvalue weighted by molar-refractivity contribution is -0.157. The summed E-state index contributed by atoms with van der Waals surface area (Å²) in [4.78, 5) is 11.5. The van der Waals surface area contributed by atoms with Crippen LogP contribution in [-0.2, 0) is 9.53 Å². The Labute approximate surface area is 93.9 Å². The van der Waals surface area contributed by atoms with Crippen molar-refractivity contribution >= 4 is 5.97 Å². The molecule has 0 aliphatic carbocycles. The van der Waals surface area contributed by atoms with E-state index in [2.05, 4.69) is 4.74 Å². The first-order valence-corrected chi connectivity index (χ1v) is 4.92. The van der Waals surface area contributed by atoms with Gasteiger partial charge in [0.2, 0.25) is 0 Å². The Hall–Kier alpha value is -1.42. The minimum absolute atomic E-state index is 0.0953. The Morgan fingerprint density at radius 1 is 1.44 bits per heavy atom. The molecule has 0 aliphatic rings. The van der Waals surface area contributed by atoms with Crippen LogP contribution in [-0.4, -0.2) is 18.2 Å². The lowest BCUT2D eigenvalue weighted by Gasteiger charge is -2.27. The second kappa shape index (κ2) is 4.61. The number of carbonyl (C=O) groups excluding carboxylic acids is 1. The molecular formula is C12H15FO3. The van der Waals surface area contributed by atoms with E-state index in [-0.39, 0.29) is 5.56 Å². The van der Waals surface area contributed by atoms with Gasteiger partial charge in [0.05, 0.1) is 18.6 Å². The highest BCUT2D eigenvalue weighted by Crippen LogP contribution is 2.35. The SMILES string of the molecule is COC(=O)C(C)(C)C(O)c1ccccc1F. The molecule has 1 atom stereocenters. The Kier molecular flexibility index (Phi) is 3.65. The Bertz CT molecular complexity index is 388. The third kappa shape index (κ3) is 2.22. The molecule has 3 nitrogen and oxygen atoms in total. The molecular weight excluding hydrogens is 211 g/mol. The number of hydrogen-bond acceptors (Lipinski definition) is 3. The van der Waals surface area contributed by atoms with Gasteiger partial charge in [0.15, 0.2) is 0 Å². The van der Waals surface area contributed by atoms with Crippen molar-refractivity contribution in [2.45, 2.75) is 20.0 Å². The molecule has 0 saturated carbocycles. The molecule has 1 unspecified atom stereocenters. The standard InChI is InChI=1S/C12H15FO3/c1-12(2,11(15)16-3)10(14)8-6-4-5-7-9(8)13/h4-7,10,14H,1-3H3. The fourth-order valence-corrected chi connectivity index (χ4v) is 1.46. The number of aliphatic hydroxyl groups is 1. The minimum Gasteiger partial charge on any atom is -0.469 e. The number of ether oxygens (including phenoxy) is 1. The van der Waals surface area contributed by atoms with Crippen LogP contribution >= 0.6 is 0 Å². The topological polar surface area (TPSA) is 46.5 Å². The maximum absolute atomic E-state index is 13.4. The summed E-state index contributed by atoms with van der Waals surface area (Å²) in [6.07, 6.45) is -1.24. The van der Waals surface area contributed by atoms with Gasteiger partial charge in [0, 0.05) is 5.56 Å². The summed E-state index contributed by atoms with van der Waals surface area (Å²) < 4.78 is 18.0. The molecule has 0 bridgehead atoms. The van der Waals surface area contributed by atoms with Crippen molar-refractivity contribution in [3.63, 3.8) is 0 Å². The van der Waals surface area contributed by atoms with Crippen LogP contribution in [0.15, 0.2) is 24.3 Å². The van der Waals surface area contributed by atoms with Crippen LogP contribution < -0.4 is 0 Å². The van der Waals surface area contributed by atoms with Crippen LogP contribution in [0.2, 0.25) is 0 Å². The van der Waals surface area contributed by atoms with Crippen molar-refractivity contribution in [3.8, 4) is 0 Å². The minimum atomic E-state index is -1.24. The molecule has 1 aromatic carbocycles. The van der Waals surface area contributed by atoms with Gasteiger partial charge in [0.25, 0.3) is 0 Å². The van der Waals surface area contributed by atoms with E-state index >= 15 is 0 Å². The van der Waals surface area contributed by atoms with E-state index in [0.29, 0.717) is 0 Å². The van der Waals surface area contributed by atoms with Crippen LogP contribution in [0.5, 0.6) is 0 Å². The van der Waals surface area contributed by atoms with Gasteiger partial charge in [-0.25, -0.2) is 4.39 Å². The Balaban J connectivity index is 3.07. The highest BCUT2D eigenvalue weighted by molar-refractivity contribution is 5.76. The van der Waals surface area contributed by atoms with Crippen molar-refractivity contribution in [2.24, 2.45) is 5.41 Å². The summed E-state index contributed by atoms with van der Waals surface area (Å²) in [7, 11) is 1.23. The van der Waals surface area contributed by atoms with E-state index in [1.54, 1.807) is 6.07 Å². The zero-order valence-electron chi connectivity index (χ0n) is 9.53. The van der Waals surface area contributed by atoms with E-state index in [0.717, 1.165) is 0 Å². The molecule has 0 aliphatic heterocycles. The Morgan fingerprint density at radius 3 is 2.50 bits per heavy atom. The lowest BCUT2D eigenvalue weighted by atomic mass is 9.82. The zero-order valence-corrected chi connectivity index (χ0v) is 9.53. The van der Waals surface area contributed by atoms with Crippen LogP contribution in [0, 0.1) is 11.2 Å². The first kappa shape index (κ1) is 12.6. The van der Waals surface area contributed by atoms with Crippen molar-refractivity contribution in [3.05, 3.63) is 35.6 Å². The second-order valence-corrected chi connectivity index (χ2v) is 4.14. The van der Waals surface area contributed by atoms with E-state index in [1.807, 2.05) is 0 Å². The molecule has 0 heterocycles. The highest BCUT2D eigenvalue weighted by Gasteiger charge is 2.38. The monoisotopic (exact) mass is 226 g/mol. The van der Waals surface area contributed by atoms with Gasteiger partial charge < -0.3 is 9.84 Å². The van der Waals surface area contributed by atoms with Crippen molar-refractivity contribution in [2.75, 3.05) is 7.11 Å². The number of carbonyl (C=O) groups is 1. The molecule has 0 amide bonds. The quantitative estimate of drug-likeness (QED) is 0.802. The van der Waals surface area contributed by atoms with E-state index < -0.39 is 23.3 Å². The smallest absolute Gasteiger partial charge is 0.314 e. The summed E-state index contributed by atoms with van der Waals surface area (Å²) in [5.41, 5.74) is -1.09. The van der Waals surface area contributed by atoms with E-state index in [9.17, 15) is 14.3 Å².